The number of rotatable bonds is 1. The Morgan fingerprint density at radius 2 is 1.85 bits per heavy atom. The molecule has 0 aliphatic carbocycles. The maximum Gasteiger partial charge on any atom is 0.311 e. The van der Waals surface area contributed by atoms with E-state index in [-0.39, 0.29) is 11.3 Å². The summed E-state index contributed by atoms with van der Waals surface area (Å²) in [6, 6.07) is 12.4. The highest BCUT2D eigenvalue weighted by atomic mass is 35.5. The Balaban J connectivity index is 1.94. The van der Waals surface area contributed by atoms with Gasteiger partial charge in [-0.1, -0.05) is 50.0 Å². The molecular weight excluding hydrogens is 373 g/mol. The standard InChI is InChI=1S/C19H17Cl2N3O2/c1-18(2,3)17-23-24(13-6-4-5-11(20)9-13)19(26-17)14-8-7-12(21)10-15(14)22-16(19)25/h4-10H,1-3H3,(H,22,25). The topological polar surface area (TPSA) is 53.9 Å². The zero-order chi connectivity index (χ0) is 18.7. The zero-order valence-electron chi connectivity index (χ0n) is 14.5. The molecule has 2 aliphatic heterocycles. The Morgan fingerprint density at radius 1 is 1.12 bits per heavy atom. The molecule has 0 bridgehead atoms. The van der Waals surface area contributed by atoms with E-state index in [0.717, 1.165) is 0 Å². The van der Waals surface area contributed by atoms with E-state index in [0.29, 0.717) is 32.9 Å². The van der Waals surface area contributed by atoms with Crippen LogP contribution in [0, 0.1) is 5.41 Å². The van der Waals surface area contributed by atoms with E-state index < -0.39 is 5.72 Å². The largest absolute Gasteiger partial charge is 0.437 e. The van der Waals surface area contributed by atoms with Gasteiger partial charge in [0, 0.05) is 15.5 Å². The summed E-state index contributed by atoms with van der Waals surface area (Å²) < 4.78 is 6.24. The van der Waals surface area contributed by atoms with Gasteiger partial charge in [0.25, 0.3) is 5.91 Å². The molecule has 2 aromatic rings. The highest BCUT2D eigenvalue weighted by Gasteiger charge is 2.60. The Labute approximate surface area is 161 Å². The van der Waals surface area contributed by atoms with Crippen molar-refractivity contribution >= 4 is 46.4 Å². The number of anilines is 2. The molecule has 1 unspecified atom stereocenters. The second-order valence-electron chi connectivity index (χ2n) is 7.34. The van der Waals surface area contributed by atoms with Crippen molar-refractivity contribution in [2.24, 2.45) is 10.5 Å². The molecule has 1 atom stereocenters. The van der Waals surface area contributed by atoms with Gasteiger partial charge in [0.05, 0.1) is 16.9 Å². The van der Waals surface area contributed by atoms with Crippen LogP contribution < -0.4 is 10.3 Å². The van der Waals surface area contributed by atoms with Crippen molar-refractivity contribution in [3.8, 4) is 0 Å². The maximum absolute atomic E-state index is 13.1. The summed E-state index contributed by atoms with van der Waals surface area (Å²) in [7, 11) is 0. The molecular formula is C19H17Cl2N3O2. The molecule has 1 amide bonds. The average molecular weight is 390 g/mol. The van der Waals surface area contributed by atoms with Gasteiger partial charge in [-0.25, -0.2) is 5.01 Å². The molecule has 4 rings (SSSR count). The fourth-order valence-electron chi connectivity index (χ4n) is 3.07. The molecule has 26 heavy (non-hydrogen) atoms. The summed E-state index contributed by atoms with van der Waals surface area (Å²) in [6.07, 6.45) is 0. The lowest BCUT2D eigenvalue weighted by molar-refractivity contribution is -0.130. The highest BCUT2D eigenvalue weighted by molar-refractivity contribution is 6.31. The number of benzene rings is 2. The SMILES string of the molecule is CC(C)(C)C1=NN(c2cccc(Cl)c2)C2(O1)C(=O)Nc1cc(Cl)ccc12. The van der Waals surface area contributed by atoms with Crippen LogP contribution in [0.15, 0.2) is 47.6 Å². The smallest absolute Gasteiger partial charge is 0.311 e. The van der Waals surface area contributed by atoms with Crippen molar-refractivity contribution in [1.82, 2.24) is 0 Å². The van der Waals surface area contributed by atoms with E-state index in [2.05, 4.69) is 10.4 Å². The van der Waals surface area contributed by atoms with Crippen LogP contribution in [-0.2, 0) is 15.3 Å². The number of hydrogen-bond donors (Lipinski definition) is 1. The first-order valence-electron chi connectivity index (χ1n) is 8.17. The van der Waals surface area contributed by atoms with Gasteiger partial charge in [0.1, 0.15) is 0 Å². The third-order valence-electron chi connectivity index (χ3n) is 4.33. The number of hydrogen-bond acceptors (Lipinski definition) is 4. The van der Waals surface area contributed by atoms with Gasteiger partial charge in [0.2, 0.25) is 5.90 Å². The molecule has 2 aliphatic rings. The molecule has 0 radical (unpaired) electrons. The van der Waals surface area contributed by atoms with Crippen LogP contribution in [0.3, 0.4) is 0 Å². The van der Waals surface area contributed by atoms with Crippen LogP contribution in [0.5, 0.6) is 0 Å². The number of nitrogens with zero attached hydrogens (tertiary/aromatic N) is 2. The first-order valence-corrected chi connectivity index (χ1v) is 8.93. The lowest BCUT2D eigenvalue weighted by atomic mass is 9.96. The fourth-order valence-corrected chi connectivity index (χ4v) is 3.43. The number of carbonyl (C=O) groups is 1. The molecule has 0 fully saturated rings. The molecule has 0 saturated heterocycles. The van der Waals surface area contributed by atoms with Crippen LogP contribution in [0.2, 0.25) is 10.0 Å². The fraction of sp³-hybridized carbons (Fsp3) is 0.263. The van der Waals surface area contributed by atoms with Crippen molar-refractivity contribution in [3.05, 3.63) is 58.1 Å². The summed E-state index contributed by atoms with van der Waals surface area (Å²) in [5.41, 5.74) is 0.132. The minimum Gasteiger partial charge on any atom is -0.437 e. The Kier molecular flexibility index (Phi) is 3.72. The van der Waals surface area contributed by atoms with Crippen LogP contribution in [-0.4, -0.2) is 11.8 Å². The van der Waals surface area contributed by atoms with Crippen molar-refractivity contribution in [1.29, 1.82) is 0 Å². The van der Waals surface area contributed by atoms with Crippen LogP contribution in [0.1, 0.15) is 26.3 Å². The Morgan fingerprint density at radius 3 is 2.54 bits per heavy atom. The number of nitrogens with one attached hydrogen (secondary N) is 1. The average Bonchev–Trinajstić information content (AvgIpc) is 3.08. The summed E-state index contributed by atoms with van der Waals surface area (Å²) in [5.74, 6) is 0.146. The van der Waals surface area contributed by atoms with Gasteiger partial charge in [0.15, 0.2) is 0 Å². The summed E-state index contributed by atoms with van der Waals surface area (Å²) in [4.78, 5) is 13.1. The summed E-state index contributed by atoms with van der Waals surface area (Å²) in [5, 5.41) is 10.2. The summed E-state index contributed by atoms with van der Waals surface area (Å²) >= 11 is 12.3. The predicted molar refractivity (Wildman–Crippen MR) is 104 cm³/mol. The quantitative estimate of drug-likeness (QED) is 0.746. The molecule has 7 heteroatoms. The molecule has 0 aromatic heterocycles. The molecule has 2 aromatic carbocycles. The van der Waals surface area contributed by atoms with Gasteiger partial charge in [-0.2, -0.15) is 0 Å². The monoisotopic (exact) mass is 389 g/mol. The van der Waals surface area contributed by atoms with Crippen molar-refractivity contribution in [2.45, 2.75) is 26.5 Å². The predicted octanol–water partition coefficient (Wildman–Crippen LogP) is 4.99. The lowest BCUT2D eigenvalue weighted by Crippen LogP contribution is -2.48. The lowest BCUT2D eigenvalue weighted by Gasteiger charge is -2.31. The third kappa shape index (κ3) is 2.46. The van der Waals surface area contributed by atoms with Gasteiger partial charge in [-0.3, -0.25) is 4.79 Å². The van der Waals surface area contributed by atoms with Crippen molar-refractivity contribution in [2.75, 3.05) is 10.3 Å². The highest BCUT2D eigenvalue weighted by Crippen LogP contribution is 2.49. The van der Waals surface area contributed by atoms with Gasteiger partial charge < -0.3 is 10.1 Å². The van der Waals surface area contributed by atoms with Crippen LogP contribution >= 0.6 is 23.2 Å². The normalized spacial score (nSPS) is 21.5. The minimum atomic E-state index is -1.42. The van der Waals surface area contributed by atoms with E-state index in [9.17, 15) is 4.79 Å². The number of halogens is 2. The van der Waals surface area contributed by atoms with E-state index in [1.807, 2.05) is 32.9 Å². The van der Waals surface area contributed by atoms with Gasteiger partial charge in [-0.05, 0) is 36.4 Å². The van der Waals surface area contributed by atoms with Crippen LogP contribution in [0.25, 0.3) is 0 Å². The number of hydrazone groups is 1. The van der Waals surface area contributed by atoms with Crippen molar-refractivity contribution < 1.29 is 9.53 Å². The molecule has 0 saturated carbocycles. The zero-order valence-corrected chi connectivity index (χ0v) is 16.0. The van der Waals surface area contributed by atoms with Gasteiger partial charge in [-0.15, -0.1) is 5.10 Å². The van der Waals surface area contributed by atoms with E-state index >= 15 is 0 Å². The second-order valence-corrected chi connectivity index (χ2v) is 8.21. The molecule has 1 spiro atoms. The number of fused-ring (bicyclic) bond motifs is 2. The third-order valence-corrected chi connectivity index (χ3v) is 4.80. The molecule has 134 valence electrons. The number of carbonyl (C=O) groups excluding carboxylic acids is 1. The number of amides is 1. The Hall–Kier alpha value is -2.24. The molecule has 2 heterocycles. The first-order chi connectivity index (χ1) is 12.2. The number of ether oxygens (including phenoxy) is 1. The Bertz CT molecular complexity index is 952. The van der Waals surface area contributed by atoms with E-state index in [1.54, 1.807) is 35.3 Å². The van der Waals surface area contributed by atoms with Crippen LogP contribution in [0.4, 0.5) is 11.4 Å². The van der Waals surface area contributed by atoms with E-state index in [4.69, 9.17) is 27.9 Å². The second kappa shape index (κ2) is 5.63. The minimum absolute atomic E-state index is 0.322. The summed E-state index contributed by atoms with van der Waals surface area (Å²) in [6.45, 7) is 5.95. The van der Waals surface area contributed by atoms with Crippen molar-refractivity contribution in [3.63, 3.8) is 0 Å². The maximum atomic E-state index is 13.1. The molecule has 5 nitrogen and oxygen atoms in total. The molecule has 1 N–H and O–H groups in total. The van der Waals surface area contributed by atoms with E-state index in [1.165, 1.54) is 0 Å². The first kappa shape index (κ1) is 17.2. The van der Waals surface area contributed by atoms with Gasteiger partial charge >= 0.3 is 5.72 Å².